The first-order valence-electron chi connectivity index (χ1n) is 6.78. The van der Waals surface area contributed by atoms with Gasteiger partial charge >= 0.3 is 5.69 Å². The summed E-state index contributed by atoms with van der Waals surface area (Å²) in [7, 11) is 0. The Bertz CT molecular complexity index is 449. The molecular weight excluding hydrogens is 260 g/mol. The van der Waals surface area contributed by atoms with Crippen LogP contribution in [0.4, 0.5) is 5.69 Å². The molecular formula is C14H20N2O4. The van der Waals surface area contributed by atoms with E-state index < -0.39 is 4.92 Å². The highest BCUT2D eigenvalue weighted by Gasteiger charge is 2.13. The van der Waals surface area contributed by atoms with Gasteiger partial charge in [0.1, 0.15) is 0 Å². The van der Waals surface area contributed by atoms with E-state index in [1.807, 2.05) is 0 Å². The number of hydrogen-bond donors (Lipinski definition) is 1. The van der Waals surface area contributed by atoms with Crippen LogP contribution >= 0.6 is 0 Å². The fourth-order valence-corrected chi connectivity index (χ4v) is 1.64. The molecule has 0 saturated carbocycles. The number of ether oxygens (including phenoxy) is 1. The van der Waals surface area contributed by atoms with Gasteiger partial charge in [0, 0.05) is 19.0 Å². The third-order valence-electron chi connectivity index (χ3n) is 2.72. The van der Waals surface area contributed by atoms with E-state index in [-0.39, 0.29) is 24.0 Å². The minimum Gasteiger partial charge on any atom is -0.487 e. The van der Waals surface area contributed by atoms with Crippen molar-refractivity contribution in [3.63, 3.8) is 0 Å². The minimum absolute atomic E-state index is 0.00962. The largest absolute Gasteiger partial charge is 0.487 e. The van der Waals surface area contributed by atoms with E-state index in [1.165, 1.54) is 6.07 Å². The van der Waals surface area contributed by atoms with Crippen LogP contribution in [0, 0.1) is 10.1 Å². The molecule has 0 aliphatic rings. The van der Waals surface area contributed by atoms with Crippen molar-refractivity contribution in [2.45, 2.75) is 32.6 Å². The van der Waals surface area contributed by atoms with Crippen LogP contribution in [0.15, 0.2) is 24.3 Å². The average Bonchev–Trinajstić information content (AvgIpc) is 2.44. The quantitative estimate of drug-likeness (QED) is 0.428. The molecule has 0 atom stereocenters. The van der Waals surface area contributed by atoms with Gasteiger partial charge in [-0.15, -0.1) is 0 Å². The van der Waals surface area contributed by atoms with E-state index in [0.29, 0.717) is 19.4 Å². The fourth-order valence-electron chi connectivity index (χ4n) is 1.64. The number of nitro benzene ring substituents is 1. The molecule has 1 rings (SSSR count). The van der Waals surface area contributed by atoms with Crippen molar-refractivity contribution in [1.29, 1.82) is 0 Å². The summed E-state index contributed by atoms with van der Waals surface area (Å²) in [5, 5.41) is 13.6. The molecule has 0 radical (unpaired) electrons. The van der Waals surface area contributed by atoms with Gasteiger partial charge in [-0.05, 0) is 18.9 Å². The van der Waals surface area contributed by atoms with Crippen LogP contribution in [0.1, 0.15) is 32.6 Å². The Balaban J connectivity index is 2.28. The number of hydrogen-bond acceptors (Lipinski definition) is 4. The Morgan fingerprint density at radius 3 is 2.80 bits per heavy atom. The third kappa shape index (κ3) is 5.69. The van der Waals surface area contributed by atoms with Gasteiger partial charge in [0.15, 0.2) is 5.75 Å². The predicted molar refractivity (Wildman–Crippen MR) is 75.7 cm³/mol. The maximum atomic E-state index is 11.4. The normalized spacial score (nSPS) is 10.1. The first kappa shape index (κ1) is 15.9. The molecule has 0 aliphatic carbocycles. The van der Waals surface area contributed by atoms with Gasteiger partial charge in [0.25, 0.3) is 0 Å². The molecule has 0 unspecified atom stereocenters. The summed E-state index contributed by atoms with van der Waals surface area (Å²) >= 11 is 0. The molecule has 0 spiro atoms. The van der Waals surface area contributed by atoms with Gasteiger partial charge in [-0.25, -0.2) is 0 Å². The van der Waals surface area contributed by atoms with Gasteiger partial charge < -0.3 is 10.1 Å². The van der Waals surface area contributed by atoms with Crippen LogP contribution in [0.3, 0.4) is 0 Å². The first-order valence-corrected chi connectivity index (χ1v) is 6.78. The SMILES string of the molecule is CCCCNC(=O)CCCOc1ccccc1[N+](=O)[O-]. The van der Waals surface area contributed by atoms with E-state index in [2.05, 4.69) is 12.2 Å². The first-order chi connectivity index (χ1) is 9.65. The van der Waals surface area contributed by atoms with Gasteiger partial charge in [-0.1, -0.05) is 25.5 Å². The Kier molecular flexibility index (Phi) is 7.10. The molecule has 6 nitrogen and oxygen atoms in total. The van der Waals surface area contributed by atoms with E-state index in [1.54, 1.807) is 18.2 Å². The number of carbonyl (C=O) groups is 1. The number of benzene rings is 1. The molecule has 1 aromatic rings. The fraction of sp³-hybridized carbons (Fsp3) is 0.500. The molecule has 0 fully saturated rings. The van der Waals surface area contributed by atoms with Gasteiger partial charge in [-0.3, -0.25) is 14.9 Å². The number of amides is 1. The second kappa shape index (κ2) is 8.90. The van der Waals surface area contributed by atoms with Crippen molar-refractivity contribution in [2.24, 2.45) is 0 Å². The second-order valence-electron chi connectivity index (χ2n) is 4.38. The van der Waals surface area contributed by atoms with Gasteiger partial charge in [-0.2, -0.15) is 0 Å². The molecule has 1 amide bonds. The number of carbonyl (C=O) groups excluding carboxylic acids is 1. The smallest absolute Gasteiger partial charge is 0.310 e. The van der Waals surface area contributed by atoms with Crippen LogP contribution in [0.25, 0.3) is 0 Å². The summed E-state index contributed by atoms with van der Waals surface area (Å²) in [6.45, 7) is 3.04. The summed E-state index contributed by atoms with van der Waals surface area (Å²) in [5.41, 5.74) is -0.0557. The van der Waals surface area contributed by atoms with Crippen LogP contribution < -0.4 is 10.1 Å². The molecule has 110 valence electrons. The zero-order valence-corrected chi connectivity index (χ0v) is 11.6. The highest BCUT2D eigenvalue weighted by Crippen LogP contribution is 2.25. The molecule has 0 aliphatic heterocycles. The van der Waals surface area contributed by atoms with Gasteiger partial charge in [0.05, 0.1) is 11.5 Å². The number of rotatable bonds is 9. The zero-order chi connectivity index (χ0) is 14.8. The van der Waals surface area contributed by atoms with Crippen molar-refractivity contribution in [1.82, 2.24) is 5.32 Å². The third-order valence-corrected chi connectivity index (χ3v) is 2.72. The lowest BCUT2D eigenvalue weighted by atomic mass is 10.3. The van der Waals surface area contributed by atoms with Crippen molar-refractivity contribution < 1.29 is 14.5 Å². The lowest BCUT2D eigenvalue weighted by Gasteiger charge is -2.07. The lowest BCUT2D eigenvalue weighted by molar-refractivity contribution is -0.385. The standard InChI is InChI=1S/C14H20N2O4/c1-2-3-10-15-14(17)9-6-11-20-13-8-5-4-7-12(13)16(18)19/h4-5,7-8H,2-3,6,9-11H2,1H3,(H,15,17). The van der Waals surface area contributed by atoms with Crippen LogP contribution in [-0.4, -0.2) is 24.0 Å². The summed E-state index contributed by atoms with van der Waals surface area (Å²) in [4.78, 5) is 21.7. The molecule has 1 N–H and O–H groups in total. The average molecular weight is 280 g/mol. The van der Waals surface area contributed by atoms with E-state index in [0.717, 1.165) is 12.8 Å². The lowest BCUT2D eigenvalue weighted by Crippen LogP contribution is -2.24. The molecule has 0 heterocycles. The zero-order valence-electron chi connectivity index (χ0n) is 11.6. The van der Waals surface area contributed by atoms with E-state index in [9.17, 15) is 14.9 Å². The van der Waals surface area contributed by atoms with Crippen molar-refractivity contribution in [3.05, 3.63) is 34.4 Å². The number of nitrogens with zero attached hydrogens (tertiary/aromatic N) is 1. The van der Waals surface area contributed by atoms with Crippen LogP contribution in [0.5, 0.6) is 5.75 Å². The summed E-state index contributed by atoms with van der Waals surface area (Å²) in [6, 6.07) is 6.22. The topological polar surface area (TPSA) is 81.5 Å². The molecule has 0 bridgehead atoms. The Hall–Kier alpha value is -2.11. The summed E-state index contributed by atoms with van der Waals surface area (Å²) < 4.78 is 5.35. The molecule has 1 aromatic carbocycles. The highest BCUT2D eigenvalue weighted by molar-refractivity contribution is 5.75. The maximum Gasteiger partial charge on any atom is 0.310 e. The summed E-state index contributed by atoms with van der Waals surface area (Å²) in [5.74, 6) is 0.230. The van der Waals surface area contributed by atoms with E-state index >= 15 is 0 Å². The Morgan fingerprint density at radius 2 is 2.10 bits per heavy atom. The number of nitro groups is 1. The number of para-hydroxylation sites is 2. The monoisotopic (exact) mass is 280 g/mol. The second-order valence-corrected chi connectivity index (χ2v) is 4.38. The highest BCUT2D eigenvalue weighted by atomic mass is 16.6. The number of nitrogens with one attached hydrogen (secondary N) is 1. The Morgan fingerprint density at radius 1 is 1.35 bits per heavy atom. The van der Waals surface area contributed by atoms with Crippen molar-refractivity contribution in [2.75, 3.05) is 13.2 Å². The molecule has 0 aromatic heterocycles. The molecule has 20 heavy (non-hydrogen) atoms. The maximum absolute atomic E-state index is 11.4. The molecule has 0 saturated heterocycles. The van der Waals surface area contributed by atoms with Crippen molar-refractivity contribution >= 4 is 11.6 Å². The number of unbranched alkanes of at least 4 members (excludes halogenated alkanes) is 1. The van der Waals surface area contributed by atoms with Gasteiger partial charge in [0.2, 0.25) is 5.91 Å². The van der Waals surface area contributed by atoms with Crippen LogP contribution in [-0.2, 0) is 4.79 Å². The molecule has 6 heteroatoms. The van der Waals surface area contributed by atoms with E-state index in [4.69, 9.17) is 4.74 Å². The summed E-state index contributed by atoms with van der Waals surface area (Å²) in [6.07, 6.45) is 2.91. The Labute approximate surface area is 118 Å². The van der Waals surface area contributed by atoms with Crippen molar-refractivity contribution in [3.8, 4) is 5.75 Å². The van der Waals surface area contributed by atoms with Crippen LogP contribution in [0.2, 0.25) is 0 Å². The predicted octanol–water partition coefficient (Wildman–Crippen LogP) is 2.67. The minimum atomic E-state index is -0.479.